The van der Waals surface area contributed by atoms with Gasteiger partial charge in [0.05, 0.1) is 11.7 Å². The Balaban J connectivity index is 2.20. The smallest absolute Gasteiger partial charge is 0.123 e. The minimum atomic E-state index is -0.218. The first-order valence-corrected chi connectivity index (χ1v) is 7.92. The van der Waals surface area contributed by atoms with E-state index in [0.717, 1.165) is 34.3 Å². The molecule has 3 nitrogen and oxygen atoms in total. The van der Waals surface area contributed by atoms with Gasteiger partial charge in [0, 0.05) is 22.3 Å². The van der Waals surface area contributed by atoms with Crippen molar-refractivity contribution < 1.29 is 4.39 Å². The number of H-pyrrole nitrogens is 1. The Morgan fingerprint density at radius 1 is 1.17 bits per heavy atom. The second-order valence-electron chi connectivity index (χ2n) is 6.57. The molecule has 0 saturated heterocycles. The summed E-state index contributed by atoms with van der Waals surface area (Å²) in [6.45, 7) is 8.67. The van der Waals surface area contributed by atoms with Crippen LogP contribution >= 0.6 is 0 Å². The van der Waals surface area contributed by atoms with Gasteiger partial charge in [0.25, 0.3) is 0 Å². The highest BCUT2D eigenvalue weighted by Gasteiger charge is 2.28. The fraction of sp³-hybridized carbons (Fsp3) is 0.316. The predicted octanol–water partition coefficient (Wildman–Crippen LogP) is 5.34. The van der Waals surface area contributed by atoms with Gasteiger partial charge in [-0.2, -0.15) is 5.10 Å². The molecule has 1 heterocycles. The van der Waals surface area contributed by atoms with E-state index in [1.165, 1.54) is 12.1 Å². The van der Waals surface area contributed by atoms with E-state index in [4.69, 9.17) is 0 Å². The Kier molecular flexibility index (Phi) is 3.84. The number of aromatic nitrogens is 2. The van der Waals surface area contributed by atoms with Gasteiger partial charge in [0.2, 0.25) is 0 Å². The first-order valence-electron chi connectivity index (χ1n) is 7.92. The van der Waals surface area contributed by atoms with Crippen LogP contribution in [-0.4, -0.2) is 15.7 Å². The van der Waals surface area contributed by atoms with E-state index in [0.29, 0.717) is 0 Å². The van der Waals surface area contributed by atoms with Crippen LogP contribution < -0.4 is 4.90 Å². The third-order valence-electron chi connectivity index (χ3n) is 4.55. The lowest BCUT2D eigenvalue weighted by molar-refractivity contribution is 0.487. The van der Waals surface area contributed by atoms with Crippen LogP contribution in [-0.2, 0) is 0 Å². The molecule has 0 radical (unpaired) electrons. The maximum atomic E-state index is 13.3. The van der Waals surface area contributed by atoms with E-state index >= 15 is 0 Å². The van der Waals surface area contributed by atoms with Gasteiger partial charge in [-0.15, -0.1) is 0 Å². The molecule has 2 aromatic carbocycles. The van der Waals surface area contributed by atoms with Crippen molar-refractivity contribution in [2.45, 2.75) is 39.7 Å². The topological polar surface area (TPSA) is 31.9 Å². The molecule has 1 N–H and O–H groups in total. The molecule has 120 valence electrons. The van der Waals surface area contributed by atoms with Crippen molar-refractivity contribution in [3.8, 4) is 0 Å². The molecule has 3 rings (SSSR count). The first kappa shape index (κ1) is 15.5. The van der Waals surface area contributed by atoms with Gasteiger partial charge in [-0.05, 0) is 69.2 Å². The van der Waals surface area contributed by atoms with Crippen LogP contribution in [0.15, 0.2) is 42.6 Å². The van der Waals surface area contributed by atoms with Crippen LogP contribution in [0.5, 0.6) is 0 Å². The van der Waals surface area contributed by atoms with E-state index in [1.54, 1.807) is 0 Å². The number of halogens is 1. The molecular weight excluding hydrogens is 289 g/mol. The van der Waals surface area contributed by atoms with Crippen molar-refractivity contribution in [1.82, 2.24) is 10.2 Å². The largest absolute Gasteiger partial charge is 0.336 e. The fourth-order valence-electron chi connectivity index (χ4n) is 2.89. The Morgan fingerprint density at radius 3 is 2.52 bits per heavy atom. The van der Waals surface area contributed by atoms with Crippen LogP contribution in [0.25, 0.3) is 10.9 Å². The molecule has 0 aliphatic rings. The van der Waals surface area contributed by atoms with E-state index in [9.17, 15) is 4.39 Å². The number of aromatic amines is 1. The Bertz CT molecular complexity index is 818. The van der Waals surface area contributed by atoms with Gasteiger partial charge in [0.15, 0.2) is 0 Å². The molecule has 23 heavy (non-hydrogen) atoms. The zero-order valence-corrected chi connectivity index (χ0v) is 14.0. The summed E-state index contributed by atoms with van der Waals surface area (Å²) in [7, 11) is 0. The monoisotopic (exact) mass is 311 g/mol. The van der Waals surface area contributed by atoms with Crippen molar-refractivity contribution in [3.63, 3.8) is 0 Å². The summed E-state index contributed by atoms with van der Waals surface area (Å²) in [6.07, 6.45) is 2.80. The van der Waals surface area contributed by atoms with Crippen LogP contribution in [0.3, 0.4) is 0 Å². The molecule has 0 fully saturated rings. The highest BCUT2D eigenvalue weighted by Crippen LogP contribution is 2.38. The number of hydrogen-bond acceptors (Lipinski definition) is 2. The second-order valence-corrected chi connectivity index (χ2v) is 6.57. The van der Waals surface area contributed by atoms with E-state index in [-0.39, 0.29) is 11.4 Å². The SMILES string of the molecule is CCC(C)(C)N(c1ccc(F)cc1)c1cc2cn[nH]c2cc1C. The molecule has 0 aliphatic heterocycles. The quantitative estimate of drug-likeness (QED) is 0.705. The highest BCUT2D eigenvalue weighted by molar-refractivity contribution is 5.86. The molecule has 3 aromatic rings. The van der Waals surface area contributed by atoms with E-state index in [1.807, 2.05) is 18.3 Å². The Hall–Kier alpha value is -2.36. The van der Waals surface area contributed by atoms with Gasteiger partial charge in [-0.3, -0.25) is 5.10 Å². The highest BCUT2D eigenvalue weighted by atomic mass is 19.1. The van der Waals surface area contributed by atoms with Gasteiger partial charge >= 0.3 is 0 Å². The van der Waals surface area contributed by atoms with Crippen molar-refractivity contribution in [1.29, 1.82) is 0 Å². The molecule has 0 atom stereocenters. The minimum Gasteiger partial charge on any atom is -0.336 e. The third-order valence-corrected chi connectivity index (χ3v) is 4.55. The molecule has 0 bridgehead atoms. The zero-order chi connectivity index (χ0) is 16.6. The fourth-order valence-corrected chi connectivity index (χ4v) is 2.89. The maximum absolute atomic E-state index is 13.3. The predicted molar refractivity (Wildman–Crippen MR) is 93.7 cm³/mol. The van der Waals surface area contributed by atoms with Crippen molar-refractivity contribution in [2.75, 3.05) is 4.90 Å². The van der Waals surface area contributed by atoms with Crippen molar-refractivity contribution >= 4 is 22.3 Å². The van der Waals surface area contributed by atoms with Crippen LogP contribution in [0, 0.1) is 12.7 Å². The van der Waals surface area contributed by atoms with Crippen LogP contribution in [0.2, 0.25) is 0 Å². The van der Waals surface area contributed by atoms with Crippen molar-refractivity contribution in [2.24, 2.45) is 0 Å². The lowest BCUT2D eigenvalue weighted by Crippen LogP contribution is -2.40. The lowest BCUT2D eigenvalue weighted by atomic mass is 9.95. The van der Waals surface area contributed by atoms with Gasteiger partial charge in [0.1, 0.15) is 5.82 Å². The van der Waals surface area contributed by atoms with Gasteiger partial charge < -0.3 is 4.90 Å². The van der Waals surface area contributed by atoms with Crippen LogP contribution in [0.4, 0.5) is 15.8 Å². The lowest BCUT2D eigenvalue weighted by Gasteiger charge is -2.41. The Labute approximate surface area is 136 Å². The number of aryl methyl sites for hydroxylation is 1. The molecule has 4 heteroatoms. The number of nitrogens with one attached hydrogen (secondary N) is 1. The number of hydrogen-bond donors (Lipinski definition) is 1. The first-order chi connectivity index (χ1) is 10.9. The third kappa shape index (κ3) is 2.81. The van der Waals surface area contributed by atoms with E-state index in [2.05, 4.69) is 54.9 Å². The average molecular weight is 311 g/mol. The molecular formula is C19H22FN3. The summed E-state index contributed by atoms with van der Waals surface area (Å²) in [5.41, 5.74) is 4.20. The average Bonchev–Trinajstić information content (AvgIpc) is 2.96. The molecule has 0 amide bonds. The molecule has 0 spiro atoms. The molecule has 0 unspecified atom stereocenters. The molecule has 1 aromatic heterocycles. The summed E-state index contributed by atoms with van der Waals surface area (Å²) < 4.78 is 13.3. The maximum Gasteiger partial charge on any atom is 0.123 e. The molecule has 0 saturated carbocycles. The summed E-state index contributed by atoms with van der Waals surface area (Å²) in [5.74, 6) is -0.218. The minimum absolute atomic E-state index is 0.0972. The van der Waals surface area contributed by atoms with Crippen LogP contribution in [0.1, 0.15) is 32.8 Å². The number of anilines is 2. The number of benzene rings is 2. The molecule has 0 aliphatic carbocycles. The number of rotatable bonds is 4. The summed E-state index contributed by atoms with van der Waals surface area (Å²) in [4.78, 5) is 2.29. The normalized spacial score (nSPS) is 11.9. The van der Waals surface area contributed by atoms with E-state index < -0.39 is 0 Å². The number of nitrogens with zero attached hydrogens (tertiary/aromatic N) is 2. The zero-order valence-electron chi connectivity index (χ0n) is 14.0. The number of fused-ring (bicyclic) bond motifs is 1. The standard InChI is InChI=1S/C19H22FN3/c1-5-19(3,4)23(16-8-6-15(20)7-9-16)18-11-14-12-21-22-17(14)10-13(18)2/h6-12H,5H2,1-4H3,(H,21,22). The Morgan fingerprint density at radius 2 is 1.87 bits per heavy atom. The van der Waals surface area contributed by atoms with Gasteiger partial charge in [-0.25, -0.2) is 4.39 Å². The van der Waals surface area contributed by atoms with Gasteiger partial charge in [-0.1, -0.05) is 6.92 Å². The van der Waals surface area contributed by atoms with Crippen molar-refractivity contribution in [3.05, 3.63) is 54.0 Å². The second kappa shape index (κ2) is 5.69. The summed E-state index contributed by atoms with van der Waals surface area (Å²) >= 11 is 0. The summed E-state index contributed by atoms with van der Waals surface area (Å²) in [5, 5.41) is 8.20. The summed E-state index contributed by atoms with van der Waals surface area (Å²) in [6, 6.07) is 11.0.